The third kappa shape index (κ3) is 1.82. The largest absolute Gasteiger partial charge is 0.339 e. The van der Waals surface area contributed by atoms with Gasteiger partial charge < -0.3 is 4.90 Å². The van der Waals surface area contributed by atoms with Crippen molar-refractivity contribution in [2.45, 2.75) is 32.7 Å². The van der Waals surface area contributed by atoms with Gasteiger partial charge in [-0.3, -0.25) is 4.79 Å². The molecule has 0 N–H and O–H groups in total. The van der Waals surface area contributed by atoms with Crippen molar-refractivity contribution in [3.63, 3.8) is 0 Å². The van der Waals surface area contributed by atoms with Crippen LogP contribution in [0, 0.1) is 0 Å². The van der Waals surface area contributed by atoms with Crippen LogP contribution in [-0.2, 0) is 4.79 Å². The predicted molar refractivity (Wildman–Crippen MR) is 45.2 cm³/mol. The molecule has 1 aliphatic rings. The summed E-state index contributed by atoms with van der Waals surface area (Å²) >= 11 is 0. The second-order valence-electron chi connectivity index (χ2n) is 3.12. The van der Waals surface area contributed by atoms with E-state index in [1.165, 1.54) is 12.8 Å². The molecule has 1 rings (SSSR count). The van der Waals surface area contributed by atoms with Crippen LogP contribution in [0.3, 0.4) is 0 Å². The molecule has 0 bridgehead atoms. The molecular weight excluding hydrogens is 138 g/mol. The normalized spacial score (nSPS) is 18.3. The van der Waals surface area contributed by atoms with Crippen LogP contribution in [0.1, 0.15) is 26.7 Å². The van der Waals surface area contributed by atoms with Crippen molar-refractivity contribution in [1.29, 1.82) is 0 Å². The number of rotatable bonds is 2. The lowest BCUT2D eigenvalue weighted by molar-refractivity contribution is -0.126. The van der Waals surface area contributed by atoms with Crippen molar-refractivity contribution in [2.75, 3.05) is 7.05 Å². The molecule has 62 valence electrons. The third-order valence-corrected chi connectivity index (χ3v) is 2.19. The van der Waals surface area contributed by atoms with Gasteiger partial charge in [-0.15, -0.1) is 0 Å². The van der Waals surface area contributed by atoms with Crippen molar-refractivity contribution in [1.82, 2.24) is 4.90 Å². The first-order valence-corrected chi connectivity index (χ1v) is 4.07. The molecule has 2 nitrogen and oxygen atoms in total. The Labute approximate surface area is 67.9 Å². The van der Waals surface area contributed by atoms with Crippen LogP contribution < -0.4 is 0 Å². The number of amides is 1. The minimum absolute atomic E-state index is 0.176. The molecule has 0 aromatic rings. The number of carbonyl (C=O) groups is 1. The zero-order chi connectivity index (χ0) is 8.43. The quantitative estimate of drug-likeness (QED) is 0.551. The van der Waals surface area contributed by atoms with Gasteiger partial charge in [0.05, 0.1) is 0 Å². The summed E-state index contributed by atoms with van der Waals surface area (Å²) in [4.78, 5) is 13.3. The first-order valence-electron chi connectivity index (χ1n) is 4.07. The SMILES string of the molecule is C/C=C(/C)C(=O)N(C)C1CC1. The van der Waals surface area contributed by atoms with Gasteiger partial charge in [0, 0.05) is 18.7 Å². The maximum Gasteiger partial charge on any atom is 0.249 e. The zero-order valence-corrected chi connectivity index (χ0v) is 7.42. The Kier molecular flexibility index (Phi) is 2.32. The highest BCUT2D eigenvalue weighted by molar-refractivity contribution is 5.92. The number of likely N-dealkylation sites (N-methyl/N-ethyl adjacent to an activating group) is 1. The van der Waals surface area contributed by atoms with E-state index in [9.17, 15) is 4.79 Å². The predicted octanol–water partition coefficient (Wildman–Crippen LogP) is 1.57. The van der Waals surface area contributed by atoms with Crippen LogP contribution >= 0.6 is 0 Å². The minimum Gasteiger partial charge on any atom is -0.339 e. The summed E-state index contributed by atoms with van der Waals surface area (Å²) in [6.07, 6.45) is 4.22. The summed E-state index contributed by atoms with van der Waals surface area (Å²) < 4.78 is 0. The molecule has 0 aromatic carbocycles. The van der Waals surface area contributed by atoms with Crippen molar-refractivity contribution in [3.05, 3.63) is 11.6 Å². The summed E-state index contributed by atoms with van der Waals surface area (Å²) in [5.41, 5.74) is 0.847. The molecule has 0 atom stereocenters. The summed E-state index contributed by atoms with van der Waals surface area (Å²) in [6, 6.07) is 0.525. The molecule has 0 saturated heterocycles. The minimum atomic E-state index is 0.176. The lowest BCUT2D eigenvalue weighted by Crippen LogP contribution is -2.29. The zero-order valence-electron chi connectivity index (χ0n) is 7.42. The van der Waals surface area contributed by atoms with E-state index in [4.69, 9.17) is 0 Å². The smallest absolute Gasteiger partial charge is 0.249 e. The molecule has 11 heavy (non-hydrogen) atoms. The highest BCUT2D eigenvalue weighted by Gasteiger charge is 2.29. The summed E-state index contributed by atoms with van der Waals surface area (Å²) in [7, 11) is 1.88. The summed E-state index contributed by atoms with van der Waals surface area (Å²) in [5.74, 6) is 0.176. The van der Waals surface area contributed by atoms with Gasteiger partial charge in [0.2, 0.25) is 5.91 Å². The van der Waals surface area contributed by atoms with E-state index in [0.717, 1.165) is 5.57 Å². The van der Waals surface area contributed by atoms with Crippen molar-refractivity contribution >= 4 is 5.91 Å². The van der Waals surface area contributed by atoms with Gasteiger partial charge in [-0.25, -0.2) is 0 Å². The molecule has 0 unspecified atom stereocenters. The fourth-order valence-corrected chi connectivity index (χ4v) is 1.03. The van der Waals surface area contributed by atoms with Crippen LogP contribution in [0.25, 0.3) is 0 Å². The highest BCUT2D eigenvalue weighted by Crippen LogP contribution is 2.26. The topological polar surface area (TPSA) is 20.3 Å². The van der Waals surface area contributed by atoms with E-state index in [-0.39, 0.29) is 5.91 Å². The molecule has 1 fully saturated rings. The van der Waals surface area contributed by atoms with E-state index in [0.29, 0.717) is 6.04 Å². The summed E-state index contributed by atoms with van der Waals surface area (Å²) in [6.45, 7) is 3.76. The molecule has 1 amide bonds. The van der Waals surface area contributed by atoms with E-state index < -0.39 is 0 Å². The molecular formula is C9H15NO. The van der Waals surface area contributed by atoms with E-state index >= 15 is 0 Å². The van der Waals surface area contributed by atoms with Crippen molar-refractivity contribution < 1.29 is 4.79 Å². The van der Waals surface area contributed by atoms with Gasteiger partial charge in [-0.05, 0) is 26.7 Å². The molecule has 0 spiro atoms. The number of hydrogen-bond acceptors (Lipinski definition) is 1. The number of nitrogens with zero attached hydrogens (tertiary/aromatic N) is 1. The van der Waals surface area contributed by atoms with E-state index in [1.807, 2.05) is 31.9 Å². The van der Waals surface area contributed by atoms with Crippen molar-refractivity contribution in [2.24, 2.45) is 0 Å². The molecule has 1 aliphatic carbocycles. The highest BCUT2D eigenvalue weighted by atomic mass is 16.2. The molecule has 2 heteroatoms. The summed E-state index contributed by atoms with van der Waals surface area (Å²) in [5, 5.41) is 0. The van der Waals surface area contributed by atoms with E-state index in [2.05, 4.69) is 0 Å². The Balaban J connectivity index is 2.52. The maximum atomic E-state index is 11.4. The average Bonchev–Trinajstić information content (AvgIpc) is 2.82. The molecule has 0 heterocycles. The first-order chi connectivity index (χ1) is 5.16. The third-order valence-electron chi connectivity index (χ3n) is 2.19. The fraction of sp³-hybridized carbons (Fsp3) is 0.667. The van der Waals surface area contributed by atoms with Gasteiger partial charge >= 0.3 is 0 Å². The maximum absolute atomic E-state index is 11.4. The van der Waals surface area contributed by atoms with Crippen LogP contribution in [-0.4, -0.2) is 23.9 Å². The lowest BCUT2D eigenvalue weighted by Gasteiger charge is -2.15. The Morgan fingerprint density at radius 2 is 2.09 bits per heavy atom. The lowest BCUT2D eigenvalue weighted by atomic mass is 10.2. The number of allylic oxidation sites excluding steroid dienone is 1. The van der Waals surface area contributed by atoms with E-state index in [1.54, 1.807) is 0 Å². The van der Waals surface area contributed by atoms with Crippen molar-refractivity contribution in [3.8, 4) is 0 Å². The first kappa shape index (κ1) is 8.31. The van der Waals surface area contributed by atoms with Gasteiger partial charge in [-0.1, -0.05) is 6.08 Å². The average molecular weight is 153 g/mol. The fourth-order valence-electron chi connectivity index (χ4n) is 1.03. The molecule has 0 aliphatic heterocycles. The number of carbonyl (C=O) groups excluding carboxylic acids is 1. The molecule has 0 radical (unpaired) electrons. The standard InChI is InChI=1S/C9H15NO/c1-4-7(2)9(11)10(3)8-5-6-8/h4,8H,5-6H2,1-3H3/b7-4-. The van der Waals surface area contributed by atoms with Gasteiger partial charge in [0.1, 0.15) is 0 Å². The Hall–Kier alpha value is -0.790. The van der Waals surface area contributed by atoms with Crippen LogP contribution in [0.2, 0.25) is 0 Å². The van der Waals surface area contributed by atoms with Crippen LogP contribution in [0.15, 0.2) is 11.6 Å². The van der Waals surface area contributed by atoms with Gasteiger partial charge in [0.15, 0.2) is 0 Å². The van der Waals surface area contributed by atoms with Gasteiger partial charge in [0.25, 0.3) is 0 Å². The molecule has 1 saturated carbocycles. The van der Waals surface area contributed by atoms with Crippen LogP contribution in [0.4, 0.5) is 0 Å². The Bertz CT molecular complexity index is 192. The second-order valence-corrected chi connectivity index (χ2v) is 3.12. The number of hydrogen-bond donors (Lipinski definition) is 0. The Morgan fingerprint density at radius 3 is 2.45 bits per heavy atom. The molecule has 0 aromatic heterocycles. The Morgan fingerprint density at radius 1 is 1.55 bits per heavy atom. The van der Waals surface area contributed by atoms with Gasteiger partial charge in [-0.2, -0.15) is 0 Å². The van der Waals surface area contributed by atoms with Crippen LogP contribution in [0.5, 0.6) is 0 Å². The monoisotopic (exact) mass is 153 g/mol. The second kappa shape index (κ2) is 3.07.